The van der Waals surface area contributed by atoms with Crippen LogP contribution in [0.5, 0.6) is 5.75 Å². The summed E-state index contributed by atoms with van der Waals surface area (Å²) in [7, 11) is 1.68. The van der Waals surface area contributed by atoms with E-state index in [9.17, 15) is 5.11 Å². The van der Waals surface area contributed by atoms with Crippen molar-refractivity contribution in [2.75, 3.05) is 20.2 Å². The van der Waals surface area contributed by atoms with Crippen LogP contribution in [0.4, 0.5) is 0 Å². The third-order valence-corrected chi connectivity index (χ3v) is 8.99. The van der Waals surface area contributed by atoms with Gasteiger partial charge >= 0.3 is 0 Å². The lowest BCUT2D eigenvalue weighted by atomic mass is 9.69. The van der Waals surface area contributed by atoms with Crippen molar-refractivity contribution in [2.24, 2.45) is 11.8 Å². The summed E-state index contributed by atoms with van der Waals surface area (Å²) in [6.45, 7) is 6.25. The number of piperidine rings is 3. The minimum Gasteiger partial charge on any atom is -0.497 e. The Kier molecular flexibility index (Phi) is 6.31. The first-order valence-corrected chi connectivity index (χ1v) is 13.3. The van der Waals surface area contributed by atoms with E-state index in [2.05, 4.69) is 78.3 Å². The maximum Gasteiger partial charge on any atom is 0.141 e. The van der Waals surface area contributed by atoms with Crippen LogP contribution in [0.25, 0.3) is 10.9 Å². The van der Waals surface area contributed by atoms with Gasteiger partial charge in [-0.05, 0) is 35.7 Å². The van der Waals surface area contributed by atoms with Gasteiger partial charge < -0.3 is 14.3 Å². The number of aliphatic hydroxyl groups is 1. The van der Waals surface area contributed by atoms with Crippen LogP contribution in [-0.2, 0) is 0 Å². The summed E-state index contributed by atoms with van der Waals surface area (Å²) in [4.78, 5) is 4.58. The van der Waals surface area contributed by atoms with Crippen molar-refractivity contribution >= 4 is 10.9 Å². The fraction of sp³-hybridized carbons (Fsp3) is 0.303. The fourth-order valence-corrected chi connectivity index (χ4v) is 7.27. The van der Waals surface area contributed by atoms with Crippen molar-refractivity contribution in [2.45, 2.75) is 31.0 Å². The van der Waals surface area contributed by atoms with Crippen molar-refractivity contribution in [1.82, 2.24) is 4.98 Å². The number of fused-ring (bicyclic) bond motifs is 4. The van der Waals surface area contributed by atoms with Crippen LogP contribution in [0, 0.1) is 11.8 Å². The van der Waals surface area contributed by atoms with E-state index in [-0.39, 0.29) is 12.1 Å². The molecule has 3 saturated heterocycles. The Morgan fingerprint density at radius 2 is 1.70 bits per heavy atom. The molecule has 0 amide bonds. The molecule has 37 heavy (non-hydrogen) atoms. The van der Waals surface area contributed by atoms with Gasteiger partial charge in [-0.25, -0.2) is 0 Å². The number of benzene rings is 3. The molecule has 4 heteroatoms. The van der Waals surface area contributed by atoms with Gasteiger partial charge in [0.15, 0.2) is 0 Å². The molecule has 1 aromatic heterocycles. The lowest BCUT2D eigenvalue weighted by Gasteiger charge is -2.61. The maximum absolute atomic E-state index is 12.3. The zero-order chi connectivity index (χ0) is 25.4. The second kappa shape index (κ2) is 9.77. The fourth-order valence-electron chi connectivity index (χ4n) is 7.27. The van der Waals surface area contributed by atoms with Gasteiger partial charge in [-0.15, -0.1) is 6.58 Å². The molecule has 1 N–H and O–H groups in total. The summed E-state index contributed by atoms with van der Waals surface area (Å²) >= 11 is 0. The largest absolute Gasteiger partial charge is 0.497 e. The molecule has 0 unspecified atom stereocenters. The first-order chi connectivity index (χ1) is 18.1. The first-order valence-electron chi connectivity index (χ1n) is 13.3. The molecule has 0 aliphatic carbocycles. The zero-order valence-corrected chi connectivity index (χ0v) is 21.4. The van der Waals surface area contributed by atoms with E-state index in [1.54, 1.807) is 7.11 Å². The zero-order valence-electron chi connectivity index (χ0n) is 21.4. The summed E-state index contributed by atoms with van der Waals surface area (Å²) in [5.74, 6) is 1.77. The monoisotopic (exact) mass is 491 g/mol. The Balaban J connectivity index is 1.53. The van der Waals surface area contributed by atoms with Crippen LogP contribution >= 0.6 is 0 Å². The number of hydrogen-bond donors (Lipinski definition) is 1. The Hall–Kier alpha value is -3.47. The quantitative estimate of drug-likeness (QED) is 0.238. The van der Waals surface area contributed by atoms with Crippen molar-refractivity contribution in [3.63, 3.8) is 0 Å². The number of aromatic nitrogens is 1. The number of aliphatic hydroxyl groups excluding tert-OH is 1. The topological polar surface area (TPSA) is 42.4 Å². The number of hydrogen-bond acceptors (Lipinski definition) is 3. The smallest absolute Gasteiger partial charge is 0.141 e. The number of methoxy groups -OCH3 is 1. The van der Waals surface area contributed by atoms with Gasteiger partial charge in [-0.2, -0.15) is 0 Å². The number of quaternary nitrogens is 1. The highest BCUT2D eigenvalue weighted by Gasteiger charge is 2.58. The molecule has 3 aromatic carbocycles. The molecule has 4 aromatic rings. The molecule has 0 spiro atoms. The lowest BCUT2D eigenvalue weighted by Crippen LogP contribution is -2.69. The standard InChI is InChI=1S/C33H35N2O2/c1-3-23-22-35(32(24-10-6-4-7-11-24)25-12-8-5-9-13-25)19-17-26(23)20-31(35)33(36)28-16-18-34-30-15-14-27(37-2)21-29(28)30/h3-16,18,21,23,26,31-33,36H,1,17,19-20,22H2,2H3/q+1/t23-,26-,31+,33+,35+/m0/s1. The minimum atomic E-state index is -0.624. The minimum absolute atomic E-state index is 0.0529. The highest BCUT2D eigenvalue weighted by atomic mass is 16.5. The molecule has 4 heterocycles. The molecular weight excluding hydrogens is 456 g/mol. The highest BCUT2D eigenvalue weighted by molar-refractivity contribution is 5.83. The Bertz CT molecular complexity index is 1350. The van der Waals surface area contributed by atoms with E-state index in [1.807, 2.05) is 30.5 Å². The first kappa shape index (κ1) is 23.9. The Morgan fingerprint density at radius 3 is 2.35 bits per heavy atom. The molecular formula is C33H35N2O2+. The average molecular weight is 492 g/mol. The van der Waals surface area contributed by atoms with E-state index < -0.39 is 6.10 Å². The van der Waals surface area contributed by atoms with Gasteiger partial charge in [0.25, 0.3) is 0 Å². The number of ether oxygens (including phenoxy) is 1. The summed E-state index contributed by atoms with van der Waals surface area (Å²) in [5, 5.41) is 13.3. The van der Waals surface area contributed by atoms with Gasteiger partial charge in [-0.3, -0.25) is 4.98 Å². The maximum atomic E-state index is 12.3. The molecule has 3 aliphatic rings. The molecule has 4 nitrogen and oxygen atoms in total. The van der Waals surface area contributed by atoms with Crippen molar-refractivity contribution in [3.05, 3.63) is 120 Å². The van der Waals surface area contributed by atoms with Crippen LogP contribution in [0.15, 0.2) is 104 Å². The summed E-state index contributed by atoms with van der Waals surface area (Å²) in [6.07, 6.45) is 5.50. The summed E-state index contributed by atoms with van der Waals surface area (Å²) in [5.41, 5.74) is 4.42. The van der Waals surface area contributed by atoms with Gasteiger partial charge in [0, 0.05) is 41.5 Å². The average Bonchev–Trinajstić information content (AvgIpc) is 2.97. The van der Waals surface area contributed by atoms with Crippen molar-refractivity contribution < 1.29 is 14.3 Å². The van der Waals surface area contributed by atoms with Crippen molar-refractivity contribution in [3.8, 4) is 5.75 Å². The summed E-state index contributed by atoms with van der Waals surface area (Å²) in [6, 6.07) is 29.9. The van der Waals surface area contributed by atoms with E-state index >= 15 is 0 Å². The highest BCUT2D eigenvalue weighted by Crippen LogP contribution is 2.53. The summed E-state index contributed by atoms with van der Waals surface area (Å²) < 4.78 is 6.36. The van der Waals surface area contributed by atoms with Gasteiger partial charge in [0.05, 0.1) is 25.7 Å². The lowest BCUT2D eigenvalue weighted by molar-refractivity contribution is -0.994. The molecule has 2 bridgehead atoms. The number of pyridine rings is 1. The predicted octanol–water partition coefficient (Wildman–Crippen LogP) is 6.48. The van der Waals surface area contributed by atoms with E-state index in [1.165, 1.54) is 11.1 Å². The third-order valence-electron chi connectivity index (χ3n) is 8.99. The predicted molar refractivity (Wildman–Crippen MR) is 148 cm³/mol. The SMILES string of the molecule is C=C[C@H]1C[N@+]2(C(c3ccccc3)c3ccccc3)CC[C@H]1C[C@@H]2[C@H](O)c1ccnc2ccc(OC)cc12. The third kappa shape index (κ3) is 4.05. The van der Waals surface area contributed by atoms with Crippen molar-refractivity contribution in [1.29, 1.82) is 0 Å². The molecule has 7 rings (SSSR count). The molecule has 5 atom stereocenters. The van der Waals surface area contributed by atoms with E-state index in [4.69, 9.17) is 4.74 Å². The second-order valence-corrected chi connectivity index (χ2v) is 10.7. The van der Waals surface area contributed by atoms with Gasteiger partial charge in [0.1, 0.15) is 23.9 Å². The normalized spacial score (nSPS) is 25.8. The molecule has 0 radical (unpaired) electrons. The number of rotatable bonds is 7. The second-order valence-electron chi connectivity index (χ2n) is 10.7. The molecule has 3 aliphatic heterocycles. The van der Waals surface area contributed by atoms with Crippen LogP contribution < -0.4 is 4.74 Å². The molecule has 188 valence electrons. The molecule has 3 fully saturated rings. The molecule has 0 saturated carbocycles. The Labute approximate surface area is 219 Å². The number of nitrogens with zero attached hydrogens (tertiary/aromatic N) is 2. The van der Waals surface area contributed by atoms with E-state index in [0.29, 0.717) is 11.8 Å². The van der Waals surface area contributed by atoms with Gasteiger partial charge in [-0.1, -0.05) is 66.7 Å². The van der Waals surface area contributed by atoms with Crippen LogP contribution in [-0.4, -0.2) is 40.8 Å². The Morgan fingerprint density at radius 1 is 1.00 bits per heavy atom. The van der Waals surface area contributed by atoms with Crippen LogP contribution in [0.1, 0.15) is 41.7 Å². The van der Waals surface area contributed by atoms with E-state index in [0.717, 1.165) is 52.6 Å². The van der Waals surface area contributed by atoms with Crippen LogP contribution in [0.2, 0.25) is 0 Å². The van der Waals surface area contributed by atoms with Gasteiger partial charge in [0.2, 0.25) is 0 Å². The van der Waals surface area contributed by atoms with Crippen LogP contribution in [0.3, 0.4) is 0 Å².